The van der Waals surface area contributed by atoms with Gasteiger partial charge in [0.25, 0.3) is 0 Å². The smallest absolute Gasteiger partial charge is 0.121 e. The van der Waals surface area contributed by atoms with Crippen LogP contribution in [0.1, 0.15) is 24.0 Å². The Morgan fingerprint density at radius 3 is 2.77 bits per heavy atom. The molecule has 0 radical (unpaired) electrons. The maximum absolute atomic E-state index is 5.94. The molecule has 0 heterocycles. The van der Waals surface area contributed by atoms with Gasteiger partial charge in [0, 0.05) is 11.8 Å². The molecule has 0 amide bonds. The molecule has 0 bridgehead atoms. The second-order valence-corrected chi connectivity index (χ2v) is 3.56. The van der Waals surface area contributed by atoms with Crippen LogP contribution in [0.3, 0.4) is 0 Å². The lowest BCUT2D eigenvalue weighted by Gasteiger charge is -2.18. The van der Waals surface area contributed by atoms with Crippen LogP contribution in [0.25, 0.3) is 0 Å². The maximum atomic E-state index is 5.94. The van der Waals surface area contributed by atoms with Crippen LogP contribution < -0.4 is 10.5 Å². The number of ether oxygens (including phenoxy) is 1. The normalized spacial score (nSPS) is 15.2. The van der Waals surface area contributed by atoms with Crippen molar-refractivity contribution < 1.29 is 4.74 Å². The first-order valence-corrected chi connectivity index (χ1v) is 4.76. The molecule has 0 spiro atoms. The zero-order chi connectivity index (χ0) is 9.26. The minimum atomic E-state index is 0.887. The number of methoxy groups -OCH3 is 1. The Kier molecular flexibility index (Phi) is 2.13. The van der Waals surface area contributed by atoms with Crippen LogP contribution in [-0.4, -0.2) is 7.11 Å². The van der Waals surface area contributed by atoms with Crippen LogP contribution in [0.5, 0.6) is 5.75 Å². The molecule has 13 heavy (non-hydrogen) atoms. The van der Waals surface area contributed by atoms with Crippen LogP contribution in [0.15, 0.2) is 12.1 Å². The molecule has 0 saturated carbocycles. The molecule has 0 aliphatic heterocycles. The number of hydrogen-bond donors (Lipinski definition) is 1. The highest BCUT2D eigenvalue weighted by atomic mass is 16.5. The van der Waals surface area contributed by atoms with Crippen molar-refractivity contribution in [3.63, 3.8) is 0 Å². The fourth-order valence-electron chi connectivity index (χ4n) is 1.99. The van der Waals surface area contributed by atoms with Crippen molar-refractivity contribution in [1.29, 1.82) is 0 Å². The van der Waals surface area contributed by atoms with Gasteiger partial charge in [0.05, 0.1) is 7.11 Å². The van der Waals surface area contributed by atoms with E-state index in [1.807, 2.05) is 6.07 Å². The van der Waals surface area contributed by atoms with Crippen molar-refractivity contribution >= 4 is 5.69 Å². The van der Waals surface area contributed by atoms with Gasteiger partial charge in [-0.25, -0.2) is 0 Å². The predicted octanol–water partition coefficient (Wildman–Crippen LogP) is 2.16. The first-order chi connectivity index (χ1) is 6.31. The molecule has 2 rings (SSSR count). The van der Waals surface area contributed by atoms with Crippen LogP contribution in [0, 0.1) is 0 Å². The van der Waals surface area contributed by atoms with Crippen LogP contribution in [0.4, 0.5) is 5.69 Å². The molecule has 2 heteroatoms. The van der Waals surface area contributed by atoms with Gasteiger partial charge in [0.2, 0.25) is 0 Å². The predicted molar refractivity (Wildman–Crippen MR) is 54.0 cm³/mol. The molecule has 0 unspecified atom stereocenters. The zero-order valence-corrected chi connectivity index (χ0v) is 7.97. The molecule has 0 fully saturated rings. The largest absolute Gasteiger partial charge is 0.497 e. The summed E-state index contributed by atoms with van der Waals surface area (Å²) >= 11 is 0. The second kappa shape index (κ2) is 3.29. The maximum Gasteiger partial charge on any atom is 0.121 e. The van der Waals surface area contributed by atoms with Gasteiger partial charge in [0.15, 0.2) is 0 Å². The zero-order valence-electron chi connectivity index (χ0n) is 7.97. The molecule has 1 aromatic rings. The van der Waals surface area contributed by atoms with Gasteiger partial charge in [-0.1, -0.05) is 0 Å². The van der Waals surface area contributed by atoms with E-state index in [0.717, 1.165) is 24.3 Å². The fraction of sp³-hybridized carbons (Fsp3) is 0.455. The quantitative estimate of drug-likeness (QED) is 0.667. The molecule has 0 atom stereocenters. The van der Waals surface area contributed by atoms with Crippen LogP contribution in [-0.2, 0) is 12.8 Å². The Hall–Kier alpha value is -1.18. The average Bonchev–Trinajstić information content (AvgIpc) is 2.18. The van der Waals surface area contributed by atoms with E-state index in [-0.39, 0.29) is 0 Å². The van der Waals surface area contributed by atoms with E-state index in [0.29, 0.717) is 0 Å². The van der Waals surface area contributed by atoms with Crippen molar-refractivity contribution in [3.05, 3.63) is 23.3 Å². The number of anilines is 1. The van der Waals surface area contributed by atoms with E-state index in [4.69, 9.17) is 10.5 Å². The molecular formula is C11H15NO. The summed E-state index contributed by atoms with van der Waals surface area (Å²) in [4.78, 5) is 0. The topological polar surface area (TPSA) is 35.2 Å². The van der Waals surface area contributed by atoms with Gasteiger partial charge in [-0.15, -0.1) is 0 Å². The minimum Gasteiger partial charge on any atom is -0.497 e. The van der Waals surface area contributed by atoms with E-state index in [2.05, 4.69) is 6.07 Å². The summed E-state index contributed by atoms with van der Waals surface area (Å²) in [7, 11) is 1.68. The lowest BCUT2D eigenvalue weighted by Crippen LogP contribution is -2.06. The third-order valence-electron chi connectivity index (χ3n) is 2.71. The minimum absolute atomic E-state index is 0.887. The number of aryl methyl sites for hydroxylation is 1. The van der Waals surface area contributed by atoms with Gasteiger partial charge in [0.1, 0.15) is 5.75 Å². The summed E-state index contributed by atoms with van der Waals surface area (Å²) in [5, 5.41) is 0. The lowest BCUT2D eigenvalue weighted by atomic mass is 9.90. The van der Waals surface area contributed by atoms with E-state index >= 15 is 0 Å². The van der Waals surface area contributed by atoms with Crippen molar-refractivity contribution in [2.24, 2.45) is 0 Å². The Morgan fingerprint density at radius 1 is 1.23 bits per heavy atom. The van der Waals surface area contributed by atoms with E-state index in [1.54, 1.807) is 7.11 Å². The standard InChI is InChI=1S/C11H15NO/c1-13-9-6-8-4-2-3-5-10(8)11(12)7-9/h6-7H,2-5,12H2,1H3. The number of hydrogen-bond acceptors (Lipinski definition) is 2. The molecule has 2 nitrogen and oxygen atoms in total. The van der Waals surface area contributed by atoms with Crippen LogP contribution in [0.2, 0.25) is 0 Å². The molecule has 0 saturated heterocycles. The van der Waals surface area contributed by atoms with E-state index in [9.17, 15) is 0 Å². The van der Waals surface area contributed by atoms with Gasteiger partial charge in [-0.3, -0.25) is 0 Å². The number of nitrogens with two attached hydrogens (primary N) is 1. The highest BCUT2D eigenvalue weighted by molar-refractivity contribution is 5.56. The molecular weight excluding hydrogens is 162 g/mol. The van der Waals surface area contributed by atoms with E-state index < -0.39 is 0 Å². The number of benzene rings is 1. The highest BCUT2D eigenvalue weighted by Crippen LogP contribution is 2.30. The molecule has 0 aromatic heterocycles. The summed E-state index contributed by atoms with van der Waals surface area (Å²) < 4.78 is 5.18. The molecule has 1 aromatic carbocycles. The second-order valence-electron chi connectivity index (χ2n) is 3.56. The molecule has 2 N–H and O–H groups in total. The number of rotatable bonds is 1. The SMILES string of the molecule is COc1cc(N)c2c(c1)CCCC2. The Bertz CT molecular complexity index is 320. The van der Waals surface area contributed by atoms with Crippen molar-refractivity contribution in [1.82, 2.24) is 0 Å². The Labute approximate surface area is 78.7 Å². The van der Waals surface area contributed by atoms with E-state index in [1.165, 1.54) is 24.0 Å². The van der Waals surface area contributed by atoms with Gasteiger partial charge in [-0.05, 0) is 42.9 Å². The van der Waals surface area contributed by atoms with Gasteiger partial charge in [-0.2, -0.15) is 0 Å². The summed E-state index contributed by atoms with van der Waals surface area (Å²) in [6.45, 7) is 0. The lowest BCUT2D eigenvalue weighted by molar-refractivity contribution is 0.414. The van der Waals surface area contributed by atoms with Crippen LogP contribution >= 0.6 is 0 Å². The Balaban J connectivity index is 2.47. The summed E-state index contributed by atoms with van der Waals surface area (Å²) in [5.41, 5.74) is 9.55. The van der Waals surface area contributed by atoms with Crippen molar-refractivity contribution in [3.8, 4) is 5.75 Å². The third kappa shape index (κ3) is 1.48. The summed E-state index contributed by atoms with van der Waals surface area (Å²) in [5.74, 6) is 0.887. The molecule has 1 aliphatic carbocycles. The number of fused-ring (bicyclic) bond motifs is 1. The fourth-order valence-corrected chi connectivity index (χ4v) is 1.99. The van der Waals surface area contributed by atoms with Crippen molar-refractivity contribution in [2.45, 2.75) is 25.7 Å². The first kappa shape index (κ1) is 8.42. The monoisotopic (exact) mass is 177 g/mol. The number of nitrogen functional groups attached to an aromatic ring is 1. The molecule has 70 valence electrons. The summed E-state index contributed by atoms with van der Waals surface area (Å²) in [6, 6.07) is 4.04. The highest BCUT2D eigenvalue weighted by Gasteiger charge is 2.13. The summed E-state index contributed by atoms with van der Waals surface area (Å²) in [6.07, 6.45) is 4.82. The third-order valence-corrected chi connectivity index (χ3v) is 2.71. The van der Waals surface area contributed by atoms with Gasteiger partial charge < -0.3 is 10.5 Å². The van der Waals surface area contributed by atoms with Gasteiger partial charge >= 0.3 is 0 Å². The molecule has 1 aliphatic rings. The average molecular weight is 177 g/mol. The van der Waals surface area contributed by atoms with Crippen molar-refractivity contribution in [2.75, 3.05) is 12.8 Å². The first-order valence-electron chi connectivity index (χ1n) is 4.76. The Morgan fingerprint density at radius 2 is 2.00 bits per heavy atom.